The molecule has 2 aromatic rings. The second kappa shape index (κ2) is 5.72. The van der Waals surface area contributed by atoms with Crippen molar-refractivity contribution in [2.24, 2.45) is 13.0 Å². The number of nitrogens with zero attached hydrogens (tertiary/aromatic N) is 3. The Bertz CT molecular complexity index is 633. The molecular weight excluding hydrogens is 262 g/mol. The molecule has 1 aromatic heterocycles. The van der Waals surface area contributed by atoms with Gasteiger partial charge in [0.05, 0.1) is 6.20 Å². The fourth-order valence-corrected chi connectivity index (χ4v) is 3.00. The van der Waals surface area contributed by atoms with E-state index >= 15 is 0 Å². The zero-order valence-corrected chi connectivity index (χ0v) is 12.6. The van der Waals surface area contributed by atoms with Gasteiger partial charge in [-0.1, -0.05) is 30.3 Å². The number of amides is 1. The van der Waals surface area contributed by atoms with Crippen LogP contribution in [0.25, 0.3) is 0 Å². The molecule has 0 N–H and O–H groups in total. The van der Waals surface area contributed by atoms with Crippen molar-refractivity contribution in [2.75, 3.05) is 6.54 Å². The third kappa shape index (κ3) is 2.99. The normalized spacial score (nSPS) is 18.5. The third-order valence-corrected chi connectivity index (χ3v) is 4.36. The summed E-state index contributed by atoms with van der Waals surface area (Å²) >= 11 is 0. The van der Waals surface area contributed by atoms with Crippen LogP contribution in [0.1, 0.15) is 23.2 Å². The average molecular weight is 283 g/mol. The zero-order chi connectivity index (χ0) is 14.8. The minimum Gasteiger partial charge on any atom is -0.338 e. The quantitative estimate of drug-likeness (QED) is 0.863. The van der Waals surface area contributed by atoms with E-state index in [1.165, 1.54) is 5.56 Å². The van der Waals surface area contributed by atoms with Gasteiger partial charge in [-0.25, -0.2) is 0 Å². The first-order valence-corrected chi connectivity index (χ1v) is 7.42. The Labute approximate surface area is 125 Å². The number of carbonyl (C=O) groups is 1. The molecule has 1 fully saturated rings. The largest absolute Gasteiger partial charge is 0.338 e. The molecule has 21 heavy (non-hydrogen) atoms. The third-order valence-electron chi connectivity index (χ3n) is 4.36. The standard InChI is InChI=1S/C17H21N3O/c1-13-16(10-18-19(13)2)12-20-11-15(9-17(20)21)8-14-6-4-3-5-7-14/h3-7,10,15H,8-9,11-12H2,1-2H3. The average Bonchev–Trinajstić information content (AvgIpc) is 2.97. The Morgan fingerprint density at radius 2 is 2.05 bits per heavy atom. The van der Waals surface area contributed by atoms with Crippen molar-refractivity contribution in [3.63, 3.8) is 0 Å². The molecule has 110 valence electrons. The molecule has 1 saturated heterocycles. The second-order valence-electron chi connectivity index (χ2n) is 5.91. The highest BCUT2D eigenvalue weighted by Gasteiger charge is 2.30. The van der Waals surface area contributed by atoms with Crippen LogP contribution in [0.2, 0.25) is 0 Å². The molecule has 1 atom stereocenters. The maximum absolute atomic E-state index is 12.2. The highest BCUT2D eigenvalue weighted by molar-refractivity contribution is 5.78. The molecule has 0 saturated carbocycles. The smallest absolute Gasteiger partial charge is 0.223 e. The van der Waals surface area contributed by atoms with Crippen molar-refractivity contribution in [2.45, 2.75) is 26.3 Å². The Balaban J connectivity index is 1.64. The summed E-state index contributed by atoms with van der Waals surface area (Å²) in [5, 5.41) is 4.25. The summed E-state index contributed by atoms with van der Waals surface area (Å²) in [7, 11) is 1.93. The highest BCUT2D eigenvalue weighted by Crippen LogP contribution is 2.24. The van der Waals surface area contributed by atoms with Crippen LogP contribution >= 0.6 is 0 Å². The van der Waals surface area contributed by atoms with Gasteiger partial charge in [0.2, 0.25) is 5.91 Å². The van der Waals surface area contributed by atoms with Crippen LogP contribution in [-0.2, 0) is 24.8 Å². The van der Waals surface area contributed by atoms with E-state index in [0.717, 1.165) is 24.2 Å². The van der Waals surface area contributed by atoms with Crippen molar-refractivity contribution in [1.29, 1.82) is 0 Å². The number of rotatable bonds is 4. The zero-order valence-electron chi connectivity index (χ0n) is 12.6. The van der Waals surface area contributed by atoms with E-state index in [0.29, 0.717) is 18.9 Å². The molecule has 1 aliphatic rings. The van der Waals surface area contributed by atoms with Crippen LogP contribution < -0.4 is 0 Å². The van der Waals surface area contributed by atoms with E-state index in [2.05, 4.69) is 29.4 Å². The SMILES string of the molecule is Cc1c(CN2CC(Cc3ccccc3)CC2=O)cnn1C. The first-order chi connectivity index (χ1) is 10.1. The minimum absolute atomic E-state index is 0.263. The number of hydrogen-bond donors (Lipinski definition) is 0. The molecule has 3 rings (SSSR count). The van der Waals surface area contributed by atoms with Gasteiger partial charge >= 0.3 is 0 Å². The van der Waals surface area contributed by atoms with Crippen LogP contribution in [0.5, 0.6) is 0 Å². The lowest BCUT2D eigenvalue weighted by atomic mass is 9.99. The van der Waals surface area contributed by atoms with Gasteiger partial charge in [-0.3, -0.25) is 9.48 Å². The molecule has 1 aliphatic heterocycles. The van der Waals surface area contributed by atoms with Crippen LogP contribution in [0, 0.1) is 12.8 Å². The van der Waals surface area contributed by atoms with Gasteiger partial charge in [0.15, 0.2) is 0 Å². The number of benzene rings is 1. The fraction of sp³-hybridized carbons (Fsp3) is 0.412. The number of aryl methyl sites for hydroxylation is 1. The fourth-order valence-electron chi connectivity index (χ4n) is 3.00. The summed E-state index contributed by atoms with van der Waals surface area (Å²) in [6.07, 6.45) is 3.51. The molecule has 4 nitrogen and oxygen atoms in total. The first-order valence-electron chi connectivity index (χ1n) is 7.42. The number of hydrogen-bond acceptors (Lipinski definition) is 2. The summed E-state index contributed by atoms with van der Waals surface area (Å²) < 4.78 is 1.86. The Hall–Kier alpha value is -2.10. The molecule has 1 amide bonds. The Morgan fingerprint density at radius 3 is 2.71 bits per heavy atom. The van der Waals surface area contributed by atoms with E-state index < -0.39 is 0 Å². The molecule has 1 aromatic carbocycles. The van der Waals surface area contributed by atoms with E-state index in [-0.39, 0.29) is 5.91 Å². The number of likely N-dealkylation sites (tertiary alicyclic amines) is 1. The summed E-state index contributed by atoms with van der Waals surface area (Å²) in [5.74, 6) is 0.691. The van der Waals surface area contributed by atoms with Gasteiger partial charge in [-0.15, -0.1) is 0 Å². The lowest BCUT2D eigenvalue weighted by Crippen LogP contribution is -2.25. The second-order valence-corrected chi connectivity index (χ2v) is 5.91. The molecule has 0 bridgehead atoms. The Kier molecular flexibility index (Phi) is 3.78. The van der Waals surface area contributed by atoms with Gasteiger partial charge in [0, 0.05) is 37.8 Å². The molecule has 1 unspecified atom stereocenters. The summed E-state index contributed by atoms with van der Waals surface area (Å²) in [6.45, 7) is 3.58. The van der Waals surface area contributed by atoms with Crippen molar-refractivity contribution >= 4 is 5.91 Å². The molecule has 0 radical (unpaired) electrons. The van der Waals surface area contributed by atoms with E-state index in [1.54, 1.807) is 0 Å². The predicted molar refractivity (Wildman–Crippen MR) is 81.6 cm³/mol. The Morgan fingerprint density at radius 1 is 1.29 bits per heavy atom. The van der Waals surface area contributed by atoms with Crippen LogP contribution in [0.4, 0.5) is 0 Å². The number of carbonyl (C=O) groups excluding carboxylic acids is 1. The van der Waals surface area contributed by atoms with Crippen molar-refractivity contribution in [3.05, 3.63) is 53.3 Å². The molecule has 0 spiro atoms. The monoisotopic (exact) mass is 283 g/mol. The van der Waals surface area contributed by atoms with Crippen LogP contribution in [-0.4, -0.2) is 27.1 Å². The molecular formula is C17H21N3O. The van der Waals surface area contributed by atoms with E-state index in [4.69, 9.17) is 0 Å². The maximum atomic E-state index is 12.2. The predicted octanol–water partition coefficient (Wildman–Crippen LogP) is 2.32. The summed E-state index contributed by atoms with van der Waals surface area (Å²) in [4.78, 5) is 14.2. The number of aromatic nitrogens is 2. The highest BCUT2D eigenvalue weighted by atomic mass is 16.2. The van der Waals surface area contributed by atoms with E-state index in [1.807, 2.05) is 35.8 Å². The lowest BCUT2D eigenvalue weighted by molar-refractivity contribution is -0.128. The summed E-state index contributed by atoms with van der Waals surface area (Å²) in [5.41, 5.74) is 3.59. The van der Waals surface area contributed by atoms with Crippen LogP contribution in [0.3, 0.4) is 0 Å². The van der Waals surface area contributed by atoms with Gasteiger partial charge < -0.3 is 4.90 Å². The summed E-state index contributed by atoms with van der Waals surface area (Å²) in [6, 6.07) is 10.4. The molecule has 0 aliphatic carbocycles. The molecule has 4 heteroatoms. The van der Waals surface area contributed by atoms with Gasteiger partial charge in [-0.2, -0.15) is 5.10 Å². The van der Waals surface area contributed by atoms with Gasteiger partial charge in [0.25, 0.3) is 0 Å². The molecule has 2 heterocycles. The van der Waals surface area contributed by atoms with Gasteiger partial charge in [-0.05, 0) is 24.8 Å². The minimum atomic E-state index is 0.263. The van der Waals surface area contributed by atoms with E-state index in [9.17, 15) is 4.79 Å². The maximum Gasteiger partial charge on any atom is 0.223 e. The van der Waals surface area contributed by atoms with Crippen molar-refractivity contribution in [1.82, 2.24) is 14.7 Å². The first kappa shape index (κ1) is 13.9. The van der Waals surface area contributed by atoms with Crippen molar-refractivity contribution < 1.29 is 4.79 Å². The van der Waals surface area contributed by atoms with Crippen molar-refractivity contribution in [3.8, 4) is 0 Å². The lowest BCUT2D eigenvalue weighted by Gasteiger charge is -2.16. The topological polar surface area (TPSA) is 38.1 Å². The van der Waals surface area contributed by atoms with Gasteiger partial charge in [0.1, 0.15) is 0 Å². The van der Waals surface area contributed by atoms with Crippen LogP contribution in [0.15, 0.2) is 36.5 Å².